The molecule has 0 atom stereocenters. The first-order valence-electron chi connectivity index (χ1n) is 6.84. The fourth-order valence-electron chi connectivity index (χ4n) is 1.81. The van der Waals surface area contributed by atoms with Crippen molar-refractivity contribution in [3.63, 3.8) is 0 Å². The van der Waals surface area contributed by atoms with Crippen LogP contribution in [0.2, 0.25) is 0 Å². The molecule has 2 rings (SSSR count). The third kappa shape index (κ3) is 4.74. The van der Waals surface area contributed by atoms with Crippen molar-refractivity contribution >= 4 is 5.91 Å². The molecule has 0 unspecified atom stereocenters. The zero-order valence-electron chi connectivity index (χ0n) is 12.3. The molecule has 0 spiro atoms. The molecule has 0 aliphatic rings. The summed E-state index contributed by atoms with van der Waals surface area (Å²) in [5, 5.41) is 0. The predicted octanol–water partition coefficient (Wildman–Crippen LogP) is 2.55. The number of rotatable bonds is 5. The van der Waals surface area contributed by atoms with Gasteiger partial charge in [0.25, 0.3) is 5.91 Å². The van der Waals surface area contributed by atoms with E-state index in [1.807, 2.05) is 36.4 Å². The molecule has 2 aromatic carbocycles. The number of hydrogen-bond donors (Lipinski definition) is 1. The topological polar surface area (TPSA) is 47.6 Å². The number of ether oxygens (including phenoxy) is 1. The number of benzene rings is 2. The van der Waals surface area contributed by atoms with Crippen molar-refractivity contribution < 1.29 is 14.4 Å². The third-order valence-corrected chi connectivity index (χ3v) is 2.86. The first-order chi connectivity index (χ1) is 10.8. The molecular formula is C18H17NO3. The van der Waals surface area contributed by atoms with Crippen LogP contribution in [0, 0.1) is 11.8 Å². The second-order valence-electron chi connectivity index (χ2n) is 4.49. The standard InChI is InChI=1S/C18H17NO3/c1-21-13-7-11-16-10-5-6-12-17(16)18(20)19-22-14-15-8-3-2-4-9-15/h2-6,8-10,12H,13-14H2,1H3,(H,19,20). The molecule has 0 fully saturated rings. The van der Waals surface area contributed by atoms with E-state index in [2.05, 4.69) is 17.3 Å². The molecule has 1 amide bonds. The number of hydrogen-bond acceptors (Lipinski definition) is 3. The highest BCUT2D eigenvalue weighted by molar-refractivity contribution is 5.96. The van der Waals surface area contributed by atoms with Crippen LogP contribution in [0.5, 0.6) is 0 Å². The van der Waals surface area contributed by atoms with Crippen LogP contribution in [0.4, 0.5) is 0 Å². The zero-order chi connectivity index (χ0) is 15.6. The normalized spacial score (nSPS) is 9.68. The summed E-state index contributed by atoms with van der Waals surface area (Å²) in [6.07, 6.45) is 0. The van der Waals surface area contributed by atoms with Gasteiger partial charge in [0.1, 0.15) is 6.61 Å². The average molecular weight is 295 g/mol. The molecule has 112 valence electrons. The van der Waals surface area contributed by atoms with Crippen molar-refractivity contribution in [3.05, 3.63) is 71.3 Å². The SMILES string of the molecule is COCC#Cc1ccccc1C(=O)NOCc1ccccc1. The Morgan fingerprint density at radius 2 is 1.82 bits per heavy atom. The van der Waals surface area contributed by atoms with E-state index in [0.717, 1.165) is 5.56 Å². The van der Waals surface area contributed by atoms with Crippen LogP contribution in [0.3, 0.4) is 0 Å². The minimum absolute atomic E-state index is 0.310. The molecule has 0 saturated heterocycles. The Balaban J connectivity index is 1.96. The summed E-state index contributed by atoms with van der Waals surface area (Å²) >= 11 is 0. The summed E-state index contributed by atoms with van der Waals surface area (Å²) in [4.78, 5) is 17.4. The largest absolute Gasteiger partial charge is 0.372 e. The van der Waals surface area contributed by atoms with Crippen molar-refractivity contribution in [2.45, 2.75) is 6.61 Å². The number of amides is 1. The number of carbonyl (C=O) groups is 1. The maximum atomic E-state index is 12.2. The van der Waals surface area contributed by atoms with Crippen molar-refractivity contribution in [2.24, 2.45) is 0 Å². The van der Waals surface area contributed by atoms with Crippen molar-refractivity contribution in [1.29, 1.82) is 0 Å². The number of carbonyl (C=O) groups excluding carboxylic acids is 1. The van der Waals surface area contributed by atoms with Gasteiger partial charge in [-0.1, -0.05) is 54.3 Å². The van der Waals surface area contributed by atoms with E-state index in [-0.39, 0.29) is 5.91 Å². The van der Waals surface area contributed by atoms with Gasteiger partial charge in [-0.3, -0.25) is 9.63 Å². The van der Waals surface area contributed by atoms with Gasteiger partial charge in [0.15, 0.2) is 0 Å². The fraction of sp³-hybridized carbons (Fsp3) is 0.167. The molecular weight excluding hydrogens is 278 g/mol. The smallest absolute Gasteiger partial charge is 0.276 e. The number of hydroxylamine groups is 1. The second-order valence-corrected chi connectivity index (χ2v) is 4.49. The highest BCUT2D eigenvalue weighted by Gasteiger charge is 2.09. The summed E-state index contributed by atoms with van der Waals surface area (Å²) in [5.41, 5.74) is 4.53. The van der Waals surface area contributed by atoms with Gasteiger partial charge in [-0.2, -0.15) is 0 Å². The van der Waals surface area contributed by atoms with E-state index in [9.17, 15) is 4.79 Å². The van der Waals surface area contributed by atoms with Crippen LogP contribution in [0.15, 0.2) is 54.6 Å². The first kappa shape index (κ1) is 15.8. The molecule has 0 aromatic heterocycles. The van der Waals surface area contributed by atoms with E-state index in [0.29, 0.717) is 24.3 Å². The van der Waals surface area contributed by atoms with Crippen LogP contribution < -0.4 is 5.48 Å². The number of nitrogens with one attached hydrogen (secondary N) is 1. The van der Waals surface area contributed by atoms with Crippen LogP contribution in [0.25, 0.3) is 0 Å². The van der Waals surface area contributed by atoms with Gasteiger partial charge in [0.05, 0.1) is 12.2 Å². The molecule has 1 N–H and O–H groups in total. The molecule has 0 aliphatic heterocycles. The first-order valence-corrected chi connectivity index (χ1v) is 6.84. The van der Waals surface area contributed by atoms with Crippen LogP contribution in [-0.2, 0) is 16.2 Å². The lowest BCUT2D eigenvalue weighted by Crippen LogP contribution is -2.24. The van der Waals surface area contributed by atoms with E-state index in [1.165, 1.54) is 0 Å². The summed E-state index contributed by atoms with van der Waals surface area (Å²) in [7, 11) is 1.57. The minimum atomic E-state index is -0.321. The highest BCUT2D eigenvalue weighted by atomic mass is 16.6. The Morgan fingerprint density at radius 3 is 2.59 bits per heavy atom. The maximum absolute atomic E-state index is 12.2. The van der Waals surface area contributed by atoms with Crippen LogP contribution in [0.1, 0.15) is 21.5 Å². The molecule has 0 aliphatic carbocycles. The molecule has 2 aromatic rings. The van der Waals surface area contributed by atoms with Crippen LogP contribution in [-0.4, -0.2) is 19.6 Å². The lowest BCUT2D eigenvalue weighted by atomic mass is 10.1. The van der Waals surface area contributed by atoms with Crippen molar-refractivity contribution in [1.82, 2.24) is 5.48 Å². The summed E-state index contributed by atoms with van der Waals surface area (Å²) in [5.74, 6) is 5.43. The third-order valence-electron chi connectivity index (χ3n) is 2.86. The van der Waals surface area contributed by atoms with Gasteiger partial charge in [-0.15, -0.1) is 0 Å². The van der Waals surface area contributed by atoms with Gasteiger partial charge in [-0.25, -0.2) is 5.48 Å². The van der Waals surface area contributed by atoms with E-state index in [4.69, 9.17) is 9.57 Å². The van der Waals surface area contributed by atoms with E-state index < -0.39 is 0 Å². The Hall–Kier alpha value is -2.61. The Labute approximate surface area is 130 Å². The van der Waals surface area contributed by atoms with Gasteiger partial charge < -0.3 is 4.74 Å². The Bertz CT molecular complexity index is 671. The summed E-state index contributed by atoms with van der Waals surface area (Å²) in [6.45, 7) is 0.630. The Kier molecular flexibility index (Phi) is 6.18. The monoisotopic (exact) mass is 295 g/mol. The highest BCUT2D eigenvalue weighted by Crippen LogP contribution is 2.07. The second kappa shape index (κ2) is 8.63. The maximum Gasteiger partial charge on any atom is 0.276 e. The van der Waals surface area contributed by atoms with Crippen molar-refractivity contribution in [3.8, 4) is 11.8 Å². The zero-order valence-corrected chi connectivity index (χ0v) is 12.3. The average Bonchev–Trinajstić information content (AvgIpc) is 2.56. The lowest BCUT2D eigenvalue weighted by molar-refractivity contribution is 0.0233. The Morgan fingerprint density at radius 1 is 1.09 bits per heavy atom. The van der Waals surface area contributed by atoms with Gasteiger partial charge in [0.2, 0.25) is 0 Å². The number of methoxy groups -OCH3 is 1. The molecule has 0 saturated carbocycles. The lowest BCUT2D eigenvalue weighted by Gasteiger charge is -2.07. The van der Waals surface area contributed by atoms with Gasteiger partial charge in [-0.05, 0) is 17.7 Å². The fourth-order valence-corrected chi connectivity index (χ4v) is 1.81. The molecule has 4 nitrogen and oxygen atoms in total. The van der Waals surface area contributed by atoms with Gasteiger partial charge in [0, 0.05) is 12.7 Å². The molecule has 4 heteroatoms. The minimum Gasteiger partial charge on any atom is -0.372 e. The van der Waals surface area contributed by atoms with Crippen LogP contribution >= 0.6 is 0 Å². The summed E-state index contributed by atoms with van der Waals surface area (Å²) < 4.78 is 4.88. The summed E-state index contributed by atoms with van der Waals surface area (Å²) in [6, 6.07) is 16.7. The quantitative estimate of drug-likeness (QED) is 0.681. The predicted molar refractivity (Wildman–Crippen MR) is 83.9 cm³/mol. The van der Waals surface area contributed by atoms with E-state index in [1.54, 1.807) is 25.3 Å². The molecule has 0 heterocycles. The molecule has 22 heavy (non-hydrogen) atoms. The van der Waals surface area contributed by atoms with Crippen molar-refractivity contribution in [2.75, 3.05) is 13.7 Å². The van der Waals surface area contributed by atoms with Gasteiger partial charge >= 0.3 is 0 Å². The molecule has 0 radical (unpaired) electrons. The van der Waals surface area contributed by atoms with E-state index >= 15 is 0 Å². The molecule has 0 bridgehead atoms.